The predicted octanol–water partition coefficient (Wildman–Crippen LogP) is 6.43. The summed E-state index contributed by atoms with van der Waals surface area (Å²) >= 11 is 1.65. The summed E-state index contributed by atoms with van der Waals surface area (Å²) in [5.41, 5.74) is 5.35. The fraction of sp³-hybridized carbons (Fsp3) is 0.273. The van der Waals surface area contributed by atoms with Gasteiger partial charge in [0.25, 0.3) is 5.91 Å². The number of allylic oxidation sites excluding steroid dienone is 3. The Balaban J connectivity index is 1.53. The van der Waals surface area contributed by atoms with Crippen molar-refractivity contribution in [2.75, 3.05) is 32.9 Å². The molecule has 0 radical (unpaired) electrons. The summed E-state index contributed by atoms with van der Waals surface area (Å²) in [6, 6.07) is 21.1. The Kier molecular flexibility index (Phi) is 8.40. The molecular weight excluding hydrogens is 536 g/mol. The minimum absolute atomic E-state index is 0.0275. The number of ether oxygens (including phenoxy) is 3. The number of anilines is 1. The van der Waals surface area contributed by atoms with Crippen LogP contribution >= 0.6 is 11.8 Å². The van der Waals surface area contributed by atoms with Crippen molar-refractivity contribution in [3.05, 3.63) is 100 Å². The molecule has 1 heterocycles. The standard InChI is InChI=1S/C33H34N2O5S/c1-19-30(33(37)35-23-9-11-24(38-2)12-10-23)31(20-6-13-25(41-5)14-7-20)32-26(34-19)16-22(17-27(32)36)21-8-15-28(39-3)29(18-21)40-4/h6-15,18,22,31,34H,16-17H2,1-5H3,(H,35,37)/t22-,31+/m0/s1. The molecular formula is C33H34N2O5S. The molecule has 2 N–H and O–H groups in total. The van der Waals surface area contributed by atoms with Gasteiger partial charge in [-0.3, -0.25) is 9.59 Å². The highest BCUT2D eigenvalue weighted by molar-refractivity contribution is 7.98. The van der Waals surface area contributed by atoms with Crippen LogP contribution in [0.5, 0.6) is 17.2 Å². The molecule has 1 amide bonds. The molecule has 2 aliphatic rings. The highest BCUT2D eigenvalue weighted by Gasteiger charge is 2.41. The van der Waals surface area contributed by atoms with Gasteiger partial charge in [0.05, 0.1) is 21.3 Å². The van der Waals surface area contributed by atoms with Crippen LogP contribution < -0.4 is 24.8 Å². The molecule has 0 unspecified atom stereocenters. The Hall–Kier alpha value is -4.17. The van der Waals surface area contributed by atoms with Crippen molar-refractivity contribution in [3.8, 4) is 17.2 Å². The van der Waals surface area contributed by atoms with E-state index in [0.717, 1.165) is 27.4 Å². The summed E-state index contributed by atoms with van der Waals surface area (Å²) in [5.74, 6) is 1.24. The van der Waals surface area contributed by atoms with Crippen LogP contribution in [-0.4, -0.2) is 39.3 Å². The molecule has 3 aromatic rings. The molecule has 41 heavy (non-hydrogen) atoms. The number of dihydropyridines is 1. The number of nitrogens with one attached hydrogen (secondary N) is 2. The first-order valence-corrected chi connectivity index (χ1v) is 14.6. The van der Waals surface area contributed by atoms with E-state index in [1.807, 2.05) is 55.6 Å². The van der Waals surface area contributed by atoms with Crippen LogP contribution in [0, 0.1) is 0 Å². The van der Waals surface area contributed by atoms with Gasteiger partial charge in [0.15, 0.2) is 17.3 Å². The minimum atomic E-state index is -0.487. The number of benzene rings is 3. The Bertz CT molecular complexity index is 1530. The van der Waals surface area contributed by atoms with Gasteiger partial charge in [-0.2, -0.15) is 0 Å². The van der Waals surface area contributed by atoms with E-state index in [1.54, 1.807) is 57.4 Å². The zero-order chi connectivity index (χ0) is 29.1. The number of thioether (sulfide) groups is 1. The highest BCUT2D eigenvalue weighted by atomic mass is 32.2. The van der Waals surface area contributed by atoms with Gasteiger partial charge in [-0.15, -0.1) is 11.8 Å². The molecule has 2 atom stereocenters. The molecule has 0 saturated heterocycles. The quantitative estimate of drug-likeness (QED) is 0.302. The molecule has 5 rings (SSSR count). The fourth-order valence-electron chi connectivity index (χ4n) is 5.68. The van der Waals surface area contributed by atoms with Crippen LogP contribution in [-0.2, 0) is 9.59 Å². The third-order valence-corrected chi connectivity index (χ3v) is 8.49. The third kappa shape index (κ3) is 5.70. The van der Waals surface area contributed by atoms with Gasteiger partial charge in [-0.25, -0.2) is 0 Å². The predicted molar refractivity (Wildman–Crippen MR) is 162 cm³/mol. The number of rotatable bonds is 8. The first kappa shape index (κ1) is 28.4. The molecule has 0 fully saturated rings. The van der Waals surface area contributed by atoms with Crippen LogP contribution in [0.2, 0.25) is 0 Å². The lowest BCUT2D eigenvalue weighted by molar-refractivity contribution is -0.116. The van der Waals surface area contributed by atoms with Crippen molar-refractivity contribution in [1.82, 2.24) is 5.32 Å². The molecule has 7 nitrogen and oxygen atoms in total. The van der Waals surface area contributed by atoms with Gasteiger partial charge in [-0.1, -0.05) is 18.2 Å². The van der Waals surface area contributed by atoms with E-state index in [9.17, 15) is 9.59 Å². The minimum Gasteiger partial charge on any atom is -0.497 e. The lowest BCUT2D eigenvalue weighted by Gasteiger charge is -2.37. The third-order valence-electron chi connectivity index (χ3n) is 7.75. The van der Waals surface area contributed by atoms with Crippen LogP contribution in [0.4, 0.5) is 5.69 Å². The fourth-order valence-corrected chi connectivity index (χ4v) is 6.09. The number of Topliss-reactive ketones (excluding diaryl/α,β-unsaturated/α-hetero) is 1. The molecule has 212 valence electrons. The lowest BCUT2D eigenvalue weighted by Crippen LogP contribution is -2.37. The van der Waals surface area contributed by atoms with Gasteiger partial charge in [0, 0.05) is 45.5 Å². The maximum absolute atomic E-state index is 14.0. The van der Waals surface area contributed by atoms with Crippen LogP contribution in [0.3, 0.4) is 0 Å². The van der Waals surface area contributed by atoms with E-state index in [1.165, 1.54) is 0 Å². The smallest absolute Gasteiger partial charge is 0.254 e. The van der Waals surface area contributed by atoms with Crippen LogP contribution in [0.1, 0.15) is 42.7 Å². The number of ketones is 1. The molecule has 1 aliphatic carbocycles. The Morgan fingerprint density at radius 2 is 1.56 bits per heavy atom. The summed E-state index contributed by atoms with van der Waals surface area (Å²) in [6.07, 6.45) is 3.00. The maximum Gasteiger partial charge on any atom is 0.254 e. The first-order valence-electron chi connectivity index (χ1n) is 13.4. The topological polar surface area (TPSA) is 85.9 Å². The summed E-state index contributed by atoms with van der Waals surface area (Å²) in [5, 5.41) is 6.48. The molecule has 1 aliphatic heterocycles. The zero-order valence-electron chi connectivity index (χ0n) is 23.9. The maximum atomic E-state index is 14.0. The average Bonchev–Trinajstić information content (AvgIpc) is 3.00. The molecule has 0 aromatic heterocycles. The van der Waals surface area contributed by atoms with E-state index < -0.39 is 5.92 Å². The summed E-state index contributed by atoms with van der Waals surface area (Å²) in [7, 11) is 4.81. The van der Waals surface area contributed by atoms with Crippen LogP contribution in [0.25, 0.3) is 0 Å². The van der Waals surface area contributed by atoms with Crippen molar-refractivity contribution in [3.63, 3.8) is 0 Å². The van der Waals surface area contributed by atoms with Gasteiger partial charge in [-0.05, 0) is 85.2 Å². The van der Waals surface area contributed by atoms with E-state index in [0.29, 0.717) is 46.9 Å². The van der Waals surface area contributed by atoms with Crippen molar-refractivity contribution >= 4 is 29.1 Å². The molecule has 0 saturated carbocycles. The number of amides is 1. The molecule has 0 spiro atoms. The number of hydrogen-bond donors (Lipinski definition) is 2. The van der Waals surface area contributed by atoms with Gasteiger partial charge in [0.1, 0.15) is 5.75 Å². The molecule has 3 aromatic carbocycles. The summed E-state index contributed by atoms with van der Waals surface area (Å²) < 4.78 is 16.2. The zero-order valence-corrected chi connectivity index (χ0v) is 24.7. The van der Waals surface area contributed by atoms with Gasteiger partial charge < -0.3 is 24.8 Å². The van der Waals surface area contributed by atoms with Crippen LogP contribution in [0.15, 0.2) is 94.2 Å². The van der Waals surface area contributed by atoms with E-state index >= 15 is 0 Å². The average molecular weight is 571 g/mol. The molecule has 0 bridgehead atoms. The number of hydrogen-bond acceptors (Lipinski definition) is 7. The Morgan fingerprint density at radius 1 is 0.878 bits per heavy atom. The van der Waals surface area contributed by atoms with Crippen molar-refractivity contribution in [2.45, 2.75) is 36.5 Å². The SMILES string of the molecule is COc1ccc(NC(=O)C2=C(C)NC3=C(C(=O)C[C@@H](c4ccc(OC)c(OC)c4)C3)[C@@H]2c2ccc(SC)cc2)cc1. The van der Waals surface area contributed by atoms with E-state index in [2.05, 4.69) is 10.6 Å². The normalized spacial score (nSPS) is 18.4. The second kappa shape index (κ2) is 12.1. The first-order chi connectivity index (χ1) is 19.9. The largest absolute Gasteiger partial charge is 0.497 e. The number of carbonyl (C=O) groups is 2. The van der Waals surface area contributed by atoms with Gasteiger partial charge in [0.2, 0.25) is 0 Å². The Labute approximate surface area is 245 Å². The van der Waals surface area contributed by atoms with Crippen molar-refractivity contribution in [2.24, 2.45) is 0 Å². The second-order valence-electron chi connectivity index (χ2n) is 10.1. The van der Waals surface area contributed by atoms with E-state index in [-0.39, 0.29) is 17.6 Å². The van der Waals surface area contributed by atoms with Gasteiger partial charge >= 0.3 is 0 Å². The van der Waals surface area contributed by atoms with Crippen molar-refractivity contribution in [1.29, 1.82) is 0 Å². The monoisotopic (exact) mass is 570 g/mol. The van der Waals surface area contributed by atoms with E-state index in [4.69, 9.17) is 14.2 Å². The lowest BCUT2D eigenvalue weighted by atomic mass is 9.71. The number of methoxy groups -OCH3 is 3. The summed E-state index contributed by atoms with van der Waals surface area (Å²) in [6.45, 7) is 1.90. The highest BCUT2D eigenvalue weighted by Crippen LogP contribution is 2.46. The summed E-state index contributed by atoms with van der Waals surface area (Å²) in [4.78, 5) is 28.9. The second-order valence-corrected chi connectivity index (χ2v) is 11.0. The van der Waals surface area contributed by atoms with Crippen molar-refractivity contribution < 1.29 is 23.8 Å². The Morgan fingerprint density at radius 3 is 2.20 bits per heavy atom. The molecule has 8 heteroatoms. The number of carbonyl (C=O) groups excluding carboxylic acids is 2.